The van der Waals surface area contributed by atoms with E-state index in [1.54, 1.807) is 11.8 Å². The van der Waals surface area contributed by atoms with E-state index in [9.17, 15) is 18.0 Å². The van der Waals surface area contributed by atoms with Gasteiger partial charge in [-0.25, -0.2) is 9.78 Å². The van der Waals surface area contributed by atoms with Crippen molar-refractivity contribution in [1.82, 2.24) is 9.88 Å². The molecule has 1 aliphatic heterocycles. The first-order chi connectivity index (χ1) is 12.3. The third-order valence-electron chi connectivity index (χ3n) is 3.53. The van der Waals surface area contributed by atoms with Gasteiger partial charge in [-0.05, 0) is 19.1 Å². The summed E-state index contributed by atoms with van der Waals surface area (Å²) in [5.74, 6) is -0.649. The molecule has 2 heterocycles. The molecule has 0 bridgehead atoms. The minimum Gasteiger partial charge on any atom is -0.462 e. The molecule has 2 N–H and O–H groups in total. The third-order valence-corrected chi connectivity index (χ3v) is 3.53. The first kappa shape index (κ1) is 19.7. The van der Waals surface area contributed by atoms with Gasteiger partial charge in [-0.1, -0.05) is 0 Å². The van der Waals surface area contributed by atoms with Crippen LogP contribution in [0.4, 0.5) is 19.0 Å². The van der Waals surface area contributed by atoms with Gasteiger partial charge >= 0.3 is 12.1 Å². The van der Waals surface area contributed by atoms with Crippen LogP contribution in [0.15, 0.2) is 30.1 Å². The maximum absolute atomic E-state index is 12.6. The normalized spacial score (nSPS) is 15.5. The number of ether oxygens (including phenoxy) is 2. The summed E-state index contributed by atoms with van der Waals surface area (Å²) in [6.45, 7) is 3.55. The van der Waals surface area contributed by atoms with Gasteiger partial charge < -0.3 is 19.7 Å². The van der Waals surface area contributed by atoms with E-state index in [2.05, 4.69) is 10.3 Å². The van der Waals surface area contributed by atoms with Crippen LogP contribution in [0.2, 0.25) is 0 Å². The Morgan fingerprint density at radius 3 is 2.65 bits per heavy atom. The van der Waals surface area contributed by atoms with Crippen LogP contribution in [0, 0.1) is 5.41 Å². The molecule has 0 radical (unpaired) electrons. The molecule has 0 unspecified atom stereocenters. The SMILES string of the molecule is CCOC(=O)/C(=C/Nc1ccc(C(F)(F)F)cn1)C(=N)N1CCOCC1. The zero-order valence-electron chi connectivity index (χ0n) is 14.1. The zero-order chi connectivity index (χ0) is 19.2. The molecule has 0 atom stereocenters. The molecule has 142 valence electrons. The average Bonchev–Trinajstić information content (AvgIpc) is 2.62. The molecule has 0 saturated carbocycles. The maximum Gasteiger partial charge on any atom is 0.417 e. The summed E-state index contributed by atoms with van der Waals surface area (Å²) in [6.07, 6.45) is -2.57. The van der Waals surface area contributed by atoms with Crippen molar-refractivity contribution in [2.75, 3.05) is 38.2 Å². The largest absolute Gasteiger partial charge is 0.462 e. The molecule has 10 heteroatoms. The molecule has 1 saturated heterocycles. The molecule has 26 heavy (non-hydrogen) atoms. The van der Waals surface area contributed by atoms with Gasteiger partial charge in [-0.15, -0.1) is 0 Å². The number of amidine groups is 1. The molecular weight excluding hydrogens is 353 g/mol. The fourth-order valence-corrected chi connectivity index (χ4v) is 2.18. The highest BCUT2D eigenvalue weighted by atomic mass is 19.4. The lowest BCUT2D eigenvalue weighted by Gasteiger charge is -2.29. The minimum atomic E-state index is -4.48. The van der Waals surface area contributed by atoms with E-state index in [1.165, 1.54) is 6.20 Å². The number of anilines is 1. The number of carbonyl (C=O) groups excluding carboxylic acids is 1. The summed E-state index contributed by atoms with van der Waals surface area (Å²) in [5, 5.41) is 10.9. The standard InChI is InChI=1S/C16H19F3N4O3/c1-2-26-15(24)12(14(20)23-5-7-25-8-6-23)10-22-13-4-3-11(9-21-13)16(17,18)19/h3-4,9-10,20H,2,5-8H2,1H3,(H,21,22)/b12-10+,20-14?. The molecule has 7 nitrogen and oxygen atoms in total. The van der Waals surface area contributed by atoms with Crippen molar-refractivity contribution in [2.45, 2.75) is 13.1 Å². The predicted octanol–water partition coefficient (Wildman–Crippen LogP) is 2.27. The lowest BCUT2D eigenvalue weighted by atomic mass is 10.2. The Kier molecular flexibility index (Phi) is 6.56. The number of halogens is 3. The second-order valence-electron chi connectivity index (χ2n) is 5.30. The number of carbonyl (C=O) groups is 1. The van der Waals surface area contributed by atoms with Crippen LogP contribution in [0.25, 0.3) is 0 Å². The minimum absolute atomic E-state index is 0.0459. The van der Waals surface area contributed by atoms with Crippen molar-refractivity contribution in [3.05, 3.63) is 35.7 Å². The number of pyridine rings is 1. The highest BCUT2D eigenvalue weighted by Crippen LogP contribution is 2.28. The topological polar surface area (TPSA) is 87.5 Å². The average molecular weight is 372 g/mol. The van der Waals surface area contributed by atoms with E-state index >= 15 is 0 Å². The number of rotatable bonds is 5. The van der Waals surface area contributed by atoms with Crippen molar-refractivity contribution in [1.29, 1.82) is 5.41 Å². The van der Waals surface area contributed by atoms with Crippen LogP contribution >= 0.6 is 0 Å². The third kappa shape index (κ3) is 5.19. The lowest BCUT2D eigenvalue weighted by Crippen LogP contribution is -2.42. The van der Waals surface area contributed by atoms with Gasteiger partial charge in [0.25, 0.3) is 0 Å². The predicted molar refractivity (Wildman–Crippen MR) is 87.7 cm³/mol. The highest BCUT2D eigenvalue weighted by molar-refractivity contribution is 6.17. The fourth-order valence-electron chi connectivity index (χ4n) is 2.18. The van der Waals surface area contributed by atoms with Gasteiger partial charge in [-0.3, -0.25) is 5.41 Å². The Balaban J connectivity index is 2.16. The van der Waals surface area contributed by atoms with Gasteiger partial charge in [0.15, 0.2) is 0 Å². The maximum atomic E-state index is 12.6. The van der Waals surface area contributed by atoms with Crippen molar-refractivity contribution in [3.63, 3.8) is 0 Å². The highest BCUT2D eigenvalue weighted by Gasteiger charge is 2.30. The van der Waals surface area contributed by atoms with Gasteiger partial charge in [0.05, 0.1) is 25.4 Å². The van der Waals surface area contributed by atoms with Crippen molar-refractivity contribution < 1.29 is 27.4 Å². The van der Waals surface area contributed by atoms with Crippen molar-refractivity contribution in [3.8, 4) is 0 Å². The van der Waals surface area contributed by atoms with E-state index in [-0.39, 0.29) is 23.8 Å². The fraction of sp³-hybridized carbons (Fsp3) is 0.438. The second-order valence-corrected chi connectivity index (χ2v) is 5.30. The second kappa shape index (κ2) is 8.65. The molecule has 1 fully saturated rings. The summed E-state index contributed by atoms with van der Waals surface area (Å²) in [4.78, 5) is 17.5. The van der Waals surface area contributed by atoms with Crippen LogP contribution in [0.1, 0.15) is 12.5 Å². The Morgan fingerprint density at radius 2 is 2.12 bits per heavy atom. The lowest BCUT2D eigenvalue weighted by molar-refractivity contribution is -0.138. The van der Waals surface area contributed by atoms with E-state index in [4.69, 9.17) is 14.9 Å². The zero-order valence-corrected chi connectivity index (χ0v) is 14.1. The van der Waals surface area contributed by atoms with E-state index < -0.39 is 17.7 Å². The van der Waals surface area contributed by atoms with Crippen molar-refractivity contribution >= 4 is 17.6 Å². The molecular formula is C16H19F3N4O3. The van der Waals surface area contributed by atoms with Crippen LogP contribution in [0.5, 0.6) is 0 Å². The molecule has 0 amide bonds. The molecule has 1 aromatic heterocycles. The summed E-state index contributed by atoms with van der Waals surface area (Å²) in [7, 11) is 0. The molecule has 1 aliphatic rings. The van der Waals surface area contributed by atoms with Gasteiger partial charge in [0.2, 0.25) is 0 Å². The molecule has 2 rings (SSSR count). The van der Waals surface area contributed by atoms with E-state index in [0.29, 0.717) is 32.5 Å². The number of esters is 1. The molecule has 0 spiro atoms. The summed E-state index contributed by atoms with van der Waals surface area (Å²) >= 11 is 0. The van der Waals surface area contributed by atoms with Crippen LogP contribution < -0.4 is 5.32 Å². The van der Waals surface area contributed by atoms with Crippen LogP contribution in [-0.4, -0.2) is 54.6 Å². The Labute approximate surface area is 148 Å². The smallest absolute Gasteiger partial charge is 0.417 e. The molecule has 1 aromatic rings. The summed E-state index contributed by atoms with van der Waals surface area (Å²) < 4.78 is 47.8. The number of nitrogens with zero attached hydrogens (tertiary/aromatic N) is 2. The first-order valence-electron chi connectivity index (χ1n) is 7.91. The van der Waals surface area contributed by atoms with E-state index in [1.807, 2.05) is 0 Å². The monoisotopic (exact) mass is 372 g/mol. The van der Waals surface area contributed by atoms with Gasteiger partial charge in [0, 0.05) is 25.5 Å². The Morgan fingerprint density at radius 1 is 1.42 bits per heavy atom. The first-order valence-corrected chi connectivity index (χ1v) is 7.91. The Bertz CT molecular complexity index is 668. The molecule has 0 aromatic carbocycles. The Hall–Kier alpha value is -2.62. The number of aromatic nitrogens is 1. The molecule has 0 aliphatic carbocycles. The summed E-state index contributed by atoms with van der Waals surface area (Å²) in [5.41, 5.74) is -0.922. The van der Waals surface area contributed by atoms with E-state index in [0.717, 1.165) is 12.1 Å². The number of alkyl halides is 3. The van der Waals surface area contributed by atoms with Gasteiger partial charge in [-0.2, -0.15) is 13.2 Å². The van der Waals surface area contributed by atoms with Crippen LogP contribution in [-0.2, 0) is 20.4 Å². The number of nitrogens with one attached hydrogen (secondary N) is 2. The quantitative estimate of drug-likeness (QED) is 0.357. The van der Waals surface area contributed by atoms with Crippen molar-refractivity contribution in [2.24, 2.45) is 0 Å². The number of hydrogen-bond acceptors (Lipinski definition) is 6. The number of morpholine rings is 1. The van der Waals surface area contributed by atoms with Crippen LogP contribution in [0.3, 0.4) is 0 Å². The number of hydrogen-bond donors (Lipinski definition) is 2. The summed E-state index contributed by atoms with van der Waals surface area (Å²) in [6, 6.07) is 2.01. The van der Waals surface area contributed by atoms with Gasteiger partial charge in [0.1, 0.15) is 17.2 Å².